The van der Waals surface area contributed by atoms with Gasteiger partial charge in [-0.05, 0) is 48.9 Å². The number of rotatable bonds is 2. The molecular weight excluding hydrogens is 309 g/mol. The van der Waals surface area contributed by atoms with E-state index in [-0.39, 0.29) is 0 Å². The van der Waals surface area contributed by atoms with Crippen LogP contribution in [0.5, 0.6) is 0 Å². The van der Waals surface area contributed by atoms with Crippen molar-refractivity contribution in [1.82, 2.24) is 10.1 Å². The normalized spacial score (nSPS) is 10.8. The van der Waals surface area contributed by atoms with Gasteiger partial charge in [0.1, 0.15) is 0 Å². The molecule has 0 fully saturated rings. The molecule has 0 saturated carbocycles. The molecule has 0 aliphatic heterocycles. The first-order valence-electron chi connectivity index (χ1n) is 6.20. The monoisotopic (exact) mass is 319 g/mol. The molecule has 0 aliphatic rings. The Hall–Kier alpha value is -2.04. The summed E-state index contributed by atoms with van der Waals surface area (Å²) in [5, 5.41) is 4.90. The number of hydrogen-bond donors (Lipinski definition) is 1. The Kier molecular flexibility index (Phi) is 3.57. The van der Waals surface area contributed by atoms with Crippen molar-refractivity contribution in [2.24, 2.45) is 0 Å². The molecule has 0 radical (unpaired) electrons. The highest BCUT2D eigenvalue weighted by molar-refractivity contribution is 6.42. The number of aryl methyl sites for hydroxylation is 1. The number of anilines is 1. The zero-order valence-corrected chi connectivity index (χ0v) is 12.6. The molecule has 0 amide bonds. The fourth-order valence-electron chi connectivity index (χ4n) is 1.90. The van der Waals surface area contributed by atoms with Gasteiger partial charge in [0.05, 0.1) is 10.0 Å². The molecule has 3 aromatic rings. The van der Waals surface area contributed by atoms with Gasteiger partial charge in [0.25, 0.3) is 5.89 Å². The third kappa shape index (κ3) is 2.73. The van der Waals surface area contributed by atoms with Crippen LogP contribution < -0.4 is 5.73 Å². The predicted molar refractivity (Wildman–Crippen MR) is 84.3 cm³/mol. The maximum Gasteiger partial charge on any atom is 0.258 e. The number of benzene rings is 2. The summed E-state index contributed by atoms with van der Waals surface area (Å²) in [6.45, 7) is 1.93. The second-order valence-electron chi connectivity index (χ2n) is 4.62. The van der Waals surface area contributed by atoms with Crippen LogP contribution in [0, 0.1) is 6.92 Å². The van der Waals surface area contributed by atoms with Gasteiger partial charge in [-0.1, -0.05) is 28.4 Å². The molecule has 106 valence electrons. The minimum Gasteiger partial charge on any atom is -0.399 e. The average molecular weight is 320 g/mol. The van der Waals surface area contributed by atoms with Gasteiger partial charge in [0.15, 0.2) is 0 Å². The summed E-state index contributed by atoms with van der Waals surface area (Å²) in [6, 6.07) is 10.7. The van der Waals surface area contributed by atoms with Crippen molar-refractivity contribution in [2.75, 3.05) is 5.73 Å². The maximum atomic E-state index is 5.99. The number of aromatic nitrogens is 2. The van der Waals surface area contributed by atoms with E-state index in [9.17, 15) is 0 Å². The largest absolute Gasteiger partial charge is 0.399 e. The molecular formula is C15H11Cl2N3O. The van der Waals surface area contributed by atoms with Gasteiger partial charge < -0.3 is 10.3 Å². The van der Waals surface area contributed by atoms with Crippen molar-refractivity contribution in [3.63, 3.8) is 0 Å². The van der Waals surface area contributed by atoms with Crippen molar-refractivity contribution < 1.29 is 4.52 Å². The van der Waals surface area contributed by atoms with Gasteiger partial charge in [0.2, 0.25) is 5.82 Å². The Morgan fingerprint density at radius 3 is 2.48 bits per heavy atom. The summed E-state index contributed by atoms with van der Waals surface area (Å²) >= 11 is 11.9. The topological polar surface area (TPSA) is 64.9 Å². The van der Waals surface area contributed by atoms with E-state index in [2.05, 4.69) is 10.1 Å². The van der Waals surface area contributed by atoms with Gasteiger partial charge in [-0.25, -0.2) is 0 Å². The second kappa shape index (κ2) is 5.39. The van der Waals surface area contributed by atoms with Crippen LogP contribution in [0.2, 0.25) is 10.0 Å². The van der Waals surface area contributed by atoms with E-state index in [0.29, 0.717) is 21.8 Å². The van der Waals surface area contributed by atoms with E-state index in [1.54, 1.807) is 18.2 Å². The van der Waals surface area contributed by atoms with E-state index in [1.807, 2.05) is 25.1 Å². The number of halogens is 2. The minimum atomic E-state index is 0.430. The lowest BCUT2D eigenvalue weighted by Crippen LogP contribution is -1.89. The number of nitrogen functional groups attached to an aromatic ring is 1. The van der Waals surface area contributed by atoms with Crippen molar-refractivity contribution in [1.29, 1.82) is 0 Å². The van der Waals surface area contributed by atoms with Gasteiger partial charge in [-0.3, -0.25) is 0 Å². The summed E-state index contributed by atoms with van der Waals surface area (Å²) in [7, 11) is 0. The average Bonchev–Trinajstić information content (AvgIpc) is 2.94. The van der Waals surface area contributed by atoms with Gasteiger partial charge in [-0.2, -0.15) is 4.98 Å². The summed E-state index contributed by atoms with van der Waals surface area (Å²) in [5.74, 6) is 0.886. The molecule has 0 unspecified atom stereocenters. The minimum absolute atomic E-state index is 0.430. The molecule has 3 rings (SSSR count). The molecule has 21 heavy (non-hydrogen) atoms. The predicted octanol–water partition coefficient (Wildman–Crippen LogP) is 4.60. The number of nitrogens with two attached hydrogens (primary N) is 1. The molecule has 0 saturated heterocycles. The first-order valence-corrected chi connectivity index (χ1v) is 6.96. The zero-order valence-electron chi connectivity index (χ0n) is 11.1. The highest BCUT2D eigenvalue weighted by atomic mass is 35.5. The van der Waals surface area contributed by atoms with Crippen LogP contribution in [0.15, 0.2) is 40.9 Å². The first kappa shape index (κ1) is 13.9. The third-order valence-electron chi connectivity index (χ3n) is 3.12. The highest BCUT2D eigenvalue weighted by Gasteiger charge is 2.12. The fourth-order valence-corrected chi connectivity index (χ4v) is 2.20. The number of nitrogens with zero attached hydrogens (tertiary/aromatic N) is 2. The SMILES string of the molecule is Cc1cc(-c2nc(-c3ccc(Cl)c(Cl)c3)no2)ccc1N. The lowest BCUT2D eigenvalue weighted by molar-refractivity contribution is 0.432. The smallest absolute Gasteiger partial charge is 0.258 e. The Morgan fingerprint density at radius 2 is 1.76 bits per heavy atom. The molecule has 0 atom stereocenters. The second-order valence-corrected chi connectivity index (χ2v) is 5.44. The van der Waals surface area contributed by atoms with Crippen molar-refractivity contribution in [3.05, 3.63) is 52.0 Å². The van der Waals surface area contributed by atoms with Crippen molar-refractivity contribution >= 4 is 28.9 Å². The van der Waals surface area contributed by atoms with E-state index in [0.717, 1.165) is 22.4 Å². The standard InChI is InChI=1S/C15H11Cl2N3O/c1-8-6-10(3-5-13(8)18)15-19-14(20-21-15)9-2-4-11(16)12(17)7-9/h2-7H,18H2,1H3. The molecule has 1 aromatic heterocycles. The Labute approximate surface area is 131 Å². The van der Waals surface area contributed by atoms with Crippen LogP contribution in [0.4, 0.5) is 5.69 Å². The van der Waals surface area contributed by atoms with E-state index in [4.69, 9.17) is 33.5 Å². The van der Waals surface area contributed by atoms with E-state index >= 15 is 0 Å². The van der Waals surface area contributed by atoms with Crippen LogP contribution >= 0.6 is 23.2 Å². The summed E-state index contributed by atoms with van der Waals surface area (Å²) < 4.78 is 5.29. The van der Waals surface area contributed by atoms with E-state index < -0.39 is 0 Å². The van der Waals surface area contributed by atoms with Crippen LogP contribution in [-0.4, -0.2) is 10.1 Å². The van der Waals surface area contributed by atoms with Crippen LogP contribution in [0.1, 0.15) is 5.56 Å². The molecule has 2 aromatic carbocycles. The Balaban J connectivity index is 1.99. The van der Waals surface area contributed by atoms with Crippen LogP contribution in [0.25, 0.3) is 22.8 Å². The Bertz CT molecular complexity index is 748. The molecule has 0 aliphatic carbocycles. The molecule has 0 spiro atoms. The summed E-state index contributed by atoms with van der Waals surface area (Å²) in [4.78, 5) is 4.37. The lowest BCUT2D eigenvalue weighted by Gasteiger charge is -2.00. The Morgan fingerprint density at radius 1 is 1.00 bits per heavy atom. The van der Waals surface area contributed by atoms with Gasteiger partial charge in [0, 0.05) is 16.8 Å². The van der Waals surface area contributed by atoms with Crippen molar-refractivity contribution in [2.45, 2.75) is 6.92 Å². The molecule has 6 heteroatoms. The summed E-state index contributed by atoms with van der Waals surface area (Å²) in [5.41, 5.74) is 9.05. The highest BCUT2D eigenvalue weighted by Crippen LogP contribution is 2.29. The lowest BCUT2D eigenvalue weighted by atomic mass is 10.1. The molecule has 2 N–H and O–H groups in total. The van der Waals surface area contributed by atoms with Gasteiger partial charge >= 0.3 is 0 Å². The quantitative estimate of drug-likeness (QED) is 0.701. The van der Waals surface area contributed by atoms with Crippen LogP contribution in [0.3, 0.4) is 0 Å². The maximum absolute atomic E-state index is 5.99. The molecule has 4 nitrogen and oxygen atoms in total. The summed E-state index contributed by atoms with van der Waals surface area (Å²) in [6.07, 6.45) is 0. The first-order chi connectivity index (χ1) is 10.0. The van der Waals surface area contributed by atoms with Gasteiger partial charge in [-0.15, -0.1) is 0 Å². The molecule has 1 heterocycles. The van der Waals surface area contributed by atoms with E-state index in [1.165, 1.54) is 0 Å². The fraction of sp³-hybridized carbons (Fsp3) is 0.0667. The molecule has 0 bridgehead atoms. The van der Waals surface area contributed by atoms with Crippen LogP contribution in [-0.2, 0) is 0 Å². The third-order valence-corrected chi connectivity index (χ3v) is 3.86. The van der Waals surface area contributed by atoms with Crippen molar-refractivity contribution in [3.8, 4) is 22.8 Å². The zero-order chi connectivity index (χ0) is 15.0. The number of hydrogen-bond acceptors (Lipinski definition) is 4.